The Morgan fingerprint density at radius 3 is 2.25 bits per heavy atom. The molecule has 0 saturated heterocycles. The van der Waals surface area contributed by atoms with Crippen LogP contribution in [0, 0.1) is 0 Å². The largest absolute Gasteiger partial charge is 0.397 e. The van der Waals surface area contributed by atoms with Gasteiger partial charge in [-0.15, -0.1) is 11.8 Å². The fourth-order valence-electron chi connectivity index (χ4n) is 1.71. The Balaban J connectivity index is 3.21. The molecule has 1 aromatic carbocycles. The third-order valence-corrected chi connectivity index (χ3v) is 3.61. The molecule has 0 aliphatic carbocycles. The topological polar surface area (TPSA) is 55.3 Å². The third kappa shape index (κ3) is 2.55. The predicted molar refractivity (Wildman–Crippen MR) is 75.2 cm³/mol. The monoisotopic (exact) mass is 239 g/mol. The lowest BCUT2D eigenvalue weighted by molar-refractivity contribution is 0.856. The Hall–Kier alpha value is -1.03. The smallest absolute Gasteiger partial charge is 0.0707 e. The van der Waals surface area contributed by atoms with Crippen molar-refractivity contribution >= 4 is 28.8 Å². The normalized spacial score (nSPS) is 10.4. The van der Waals surface area contributed by atoms with Gasteiger partial charge in [0, 0.05) is 13.1 Å². The Labute approximate surface area is 102 Å². The van der Waals surface area contributed by atoms with Crippen LogP contribution in [0.2, 0.25) is 0 Å². The van der Waals surface area contributed by atoms with Crippen LogP contribution in [0.3, 0.4) is 0 Å². The van der Waals surface area contributed by atoms with Gasteiger partial charge in [0.1, 0.15) is 0 Å². The molecule has 0 heterocycles. The second-order valence-electron chi connectivity index (χ2n) is 3.52. The van der Waals surface area contributed by atoms with E-state index in [1.807, 2.05) is 6.07 Å². The fourth-order valence-corrected chi connectivity index (χ4v) is 2.62. The zero-order chi connectivity index (χ0) is 12.1. The van der Waals surface area contributed by atoms with Gasteiger partial charge in [-0.1, -0.05) is 6.92 Å². The molecule has 16 heavy (non-hydrogen) atoms. The standard InChI is InChI=1S/C12H21N3S/c1-4-15(5-2)10-8-7-9(13)11(14)12(10)16-6-3/h7-8H,4-6,13-14H2,1-3H3. The number of nitrogens with two attached hydrogens (primary N) is 2. The van der Waals surface area contributed by atoms with E-state index in [0.717, 1.165) is 29.4 Å². The first kappa shape index (κ1) is 13.0. The van der Waals surface area contributed by atoms with Gasteiger partial charge in [0.15, 0.2) is 0 Å². The van der Waals surface area contributed by atoms with Gasteiger partial charge >= 0.3 is 0 Å². The van der Waals surface area contributed by atoms with Crippen LogP contribution in [0.5, 0.6) is 0 Å². The molecule has 0 fully saturated rings. The molecule has 3 nitrogen and oxygen atoms in total. The summed E-state index contributed by atoms with van der Waals surface area (Å²) in [6.45, 7) is 8.39. The maximum atomic E-state index is 6.04. The number of nitrogens with zero attached hydrogens (tertiary/aromatic N) is 1. The van der Waals surface area contributed by atoms with E-state index in [4.69, 9.17) is 11.5 Å². The van der Waals surface area contributed by atoms with E-state index in [2.05, 4.69) is 31.7 Å². The zero-order valence-electron chi connectivity index (χ0n) is 10.3. The Kier molecular flexibility index (Phi) is 4.80. The van der Waals surface area contributed by atoms with E-state index in [0.29, 0.717) is 5.69 Å². The van der Waals surface area contributed by atoms with Crippen LogP contribution in [0.1, 0.15) is 20.8 Å². The lowest BCUT2D eigenvalue weighted by Crippen LogP contribution is -2.23. The maximum absolute atomic E-state index is 6.04. The molecule has 4 N–H and O–H groups in total. The molecule has 0 bridgehead atoms. The van der Waals surface area contributed by atoms with Crippen LogP contribution in [-0.2, 0) is 0 Å². The van der Waals surface area contributed by atoms with E-state index in [9.17, 15) is 0 Å². The Morgan fingerprint density at radius 2 is 1.75 bits per heavy atom. The number of anilines is 3. The zero-order valence-corrected chi connectivity index (χ0v) is 11.1. The van der Waals surface area contributed by atoms with Gasteiger partial charge in [-0.05, 0) is 31.7 Å². The van der Waals surface area contributed by atoms with Gasteiger partial charge in [0.05, 0.1) is 22.0 Å². The highest BCUT2D eigenvalue weighted by Gasteiger charge is 2.13. The molecule has 1 rings (SSSR count). The average molecular weight is 239 g/mol. The molecule has 4 heteroatoms. The van der Waals surface area contributed by atoms with Crippen molar-refractivity contribution in [2.45, 2.75) is 25.7 Å². The number of hydrogen-bond donors (Lipinski definition) is 2. The van der Waals surface area contributed by atoms with Crippen molar-refractivity contribution in [1.29, 1.82) is 0 Å². The van der Waals surface area contributed by atoms with E-state index in [1.165, 1.54) is 5.69 Å². The van der Waals surface area contributed by atoms with Crippen LogP contribution in [0.4, 0.5) is 17.1 Å². The molecular formula is C12H21N3S. The number of rotatable bonds is 5. The van der Waals surface area contributed by atoms with Gasteiger partial charge in [0.25, 0.3) is 0 Å². The lowest BCUT2D eigenvalue weighted by Gasteiger charge is -2.25. The minimum Gasteiger partial charge on any atom is -0.397 e. The molecule has 0 saturated carbocycles. The lowest BCUT2D eigenvalue weighted by atomic mass is 10.2. The Morgan fingerprint density at radius 1 is 1.12 bits per heavy atom. The summed E-state index contributed by atoms with van der Waals surface area (Å²) in [6.07, 6.45) is 0. The highest BCUT2D eigenvalue weighted by Crippen LogP contribution is 2.38. The number of nitrogen functional groups attached to an aromatic ring is 2. The van der Waals surface area contributed by atoms with Crippen molar-refractivity contribution in [2.75, 3.05) is 35.2 Å². The molecule has 90 valence electrons. The number of thioether (sulfide) groups is 1. The Bertz CT molecular complexity index is 348. The summed E-state index contributed by atoms with van der Waals surface area (Å²) < 4.78 is 0. The van der Waals surface area contributed by atoms with Crippen LogP contribution in [0.25, 0.3) is 0 Å². The van der Waals surface area contributed by atoms with E-state index >= 15 is 0 Å². The second-order valence-corrected chi connectivity index (χ2v) is 4.80. The van der Waals surface area contributed by atoms with Crippen LogP contribution >= 0.6 is 11.8 Å². The third-order valence-electron chi connectivity index (χ3n) is 2.60. The number of benzene rings is 1. The first-order valence-electron chi connectivity index (χ1n) is 5.71. The average Bonchev–Trinajstić information content (AvgIpc) is 2.29. The van der Waals surface area contributed by atoms with Gasteiger partial charge in [-0.2, -0.15) is 0 Å². The summed E-state index contributed by atoms with van der Waals surface area (Å²) >= 11 is 1.76. The molecule has 0 aromatic heterocycles. The van der Waals surface area contributed by atoms with Crippen molar-refractivity contribution in [1.82, 2.24) is 0 Å². The first-order valence-corrected chi connectivity index (χ1v) is 6.69. The molecule has 1 aromatic rings. The summed E-state index contributed by atoms with van der Waals surface area (Å²) in [5, 5.41) is 0. The summed E-state index contributed by atoms with van der Waals surface area (Å²) in [6, 6.07) is 3.96. The van der Waals surface area contributed by atoms with E-state index in [1.54, 1.807) is 11.8 Å². The second kappa shape index (κ2) is 5.89. The van der Waals surface area contributed by atoms with Crippen LogP contribution in [0.15, 0.2) is 17.0 Å². The van der Waals surface area contributed by atoms with Crippen molar-refractivity contribution in [3.63, 3.8) is 0 Å². The minimum absolute atomic E-state index is 0.673. The molecule has 0 spiro atoms. The summed E-state index contributed by atoms with van der Waals surface area (Å²) in [4.78, 5) is 3.42. The molecule has 0 radical (unpaired) electrons. The summed E-state index contributed by atoms with van der Waals surface area (Å²) in [7, 11) is 0. The molecule has 0 amide bonds. The minimum atomic E-state index is 0.673. The van der Waals surface area contributed by atoms with Gasteiger partial charge in [-0.25, -0.2) is 0 Å². The van der Waals surface area contributed by atoms with E-state index in [-0.39, 0.29) is 0 Å². The highest BCUT2D eigenvalue weighted by atomic mass is 32.2. The predicted octanol–water partition coefficient (Wildman–Crippen LogP) is 2.81. The number of hydrogen-bond acceptors (Lipinski definition) is 4. The molecular weight excluding hydrogens is 218 g/mol. The fraction of sp³-hybridized carbons (Fsp3) is 0.500. The van der Waals surface area contributed by atoms with Gasteiger partial charge in [0.2, 0.25) is 0 Å². The molecule has 0 aliphatic heterocycles. The first-order chi connectivity index (χ1) is 7.65. The van der Waals surface area contributed by atoms with Gasteiger partial charge in [-0.3, -0.25) is 0 Å². The SMILES string of the molecule is CCSc1c(N(CC)CC)ccc(N)c1N. The van der Waals surface area contributed by atoms with Crippen LogP contribution < -0.4 is 16.4 Å². The maximum Gasteiger partial charge on any atom is 0.0707 e. The van der Waals surface area contributed by atoms with Crippen molar-refractivity contribution in [3.05, 3.63) is 12.1 Å². The molecule has 0 unspecified atom stereocenters. The summed E-state index contributed by atoms with van der Waals surface area (Å²) in [5.74, 6) is 1.00. The quantitative estimate of drug-likeness (QED) is 0.613. The highest BCUT2D eigenvalue weighted by molar-refractivity contribution is 7.99. The van der Waals surface area contributed by atoms with Crippen LogP contribution in [-0.4, -0.2) is 18.8 Å². The van der Waals surface area contributed by atoms with Gasteiger partial charge < -0.3 is 16.4 Å². The van der Waals surface area contributed by atoms with Crippen molar-refractivity contribution in [2.24, 2.45) is 0 Å². The molecule has 0 aliphatic rings. The molecule has 0 atom stereocenters. The summed E-state index contributed by atoms with van der Waals surface area (Å²) in [5.41, 5.74) is 14.5. The van der Waals surface area contributed by atoms with Crippen molar-refractivity contribution < 1.29 is 0 Å². The van der Waals surface area contributed by atoms with E-state index < -0.39 is 0 Å². The van der Waals surface area contributed by atoms with Crippen molar-refractivity contribution in [3.8, 4) is 0 Å².